The molecule has 0 spiro atoms. The molecule has 0 amide bonds. The van der Waals surface area contributed by atoms with Gasteiger partial charge in [-0.2, -0.15) is 0 Å². The Morgan fingerprint density at radius 1 is 0.700 bits per heavy atom. The molecule has 0 radical (unpaired) electrons. The Balaban J connectivity index is 1.49. The summed E-state index contributed by atoms with van der Waals surface area (Å²) in [6.07, 6.45) is 15.9. The molecule has 0 aromatic carbocycles. The molecule has 2 rings (SSSR count). The minimum absolute atomic E-state index is 0.228. The van der Waals surface area contributed by atoms with E-state index in [9.17, 15) is 9.59 Å². The predicted molar refractivity (Wildman–Crippen MR) is 74.7 cm³/mol. The summed E-state index contributed by atoms with van der Waals surface area (Å²) in [6, 6.07) is 0. The molecule has 4 heteroatoms. The summed E-state index contributed by atoms with van der Waals surface area (Å²) in [5.74, 6) is -0.941. The molecule has 0 saturated carbocycles. The first-order chi connectivity index (χ1) is 9.77. The van der Waals surface area contributed by atoms with E-state index in [0.29, 0.717) is 26.1 Å². The van der Waals surface area contributed by atoms with E-state index in [1.54, 1.807) is 24.3 Å². The normalized spacial score (nSPS) is 17.0. The van der Waals surface area contributed by atoms with Crippen LogP contribution in [0.4, 0.5) is 0 Å². The van der Waals surface area contributed by atoms with Gasteiger partial charge in [-0.3, -0.25) is 9.59 Å². The van der Waals surface area contributed by atoms with Gasteiger partial charge in [0.05, 0.1) is 25.0 Å². The first-order valence-electron chi connectivity index (χ1n) is 6.80. The van der Waals surface area contributed by atoms with Crippen molar-refractivity contribution in [3.05, 3.63) is 48.6 Å². The average Bonchev–Trinajstić information content (AvgIpc) is 3.14. The van der Waals surface area contributed by atoms with Crippen LogP contribution in [0.15, 0.2) is 48.6 Å². The molecule has 0 aromatic rings. The summed E-state index contributed by atoms with van der Waals surface area (Å²) < 4.78 is 10.3. The topological polar surface area (TPSA) is 52.6 Å². The van der Waals surface area contributed by atoms with E-state index in [-0.39, 0.29) is 23.8 Å². The van der Waals surface area contributed by atoms with Crippen LogP contribution in [0.2, 0.25) is 0 Å². The Labute approximate surface area is 118 Å². The van der Waals surface area contributed by atoms with Crippen LogP contribution < -0.4 is 0 Å². The Kier molecular flexibility index (Phi) is 5.35. The van der Waals surface area contributed by atoms with E-state index in [2.05, 4.69) is 0 Å². The van der Waals surface area contributed by atoms with Gasteiger partial charge in [0.1, 0.15) is 0 Å². The summed E-state index contributed by atoms with van der Waals surface area (Å²) in [5, 5.41) is 0. The fourth-order valence-corrected chi connectivity index (χ4v) is 1.92. The molecule has 0 fully saturated rings. The van der Waals surface area contributed by atoms with Gasteiger partial charge in [0.25, 0.3) is 0 Å². The van der Waals surface area contributed by atoms with Crippen molar-refractivity contribution in [2.45, 2.75) is 12.8 Å². The van der Waals surface area contributed by atoms with Crippen LogP contribution in [0.3, 0.4) is 0 Å². The number of hydrogen-bond acceptors (Lipinski definition) is 4. The maximum atomic E-state index is 11.5. The van der Waals surface area contributed by atoms with Crippen LogP contribution >= 0.6 is 0 Å². The van der Waals surface area contributed by atoms with Gasteiger partial charge in [-0.05, 0) is 12.8 Å². The zero-order chi connectivity index (χ0) is 14.2. The quantitative estimate of drug-likeness (QED) is 0.528. The molecular weight excluding hydrogens is 256 g/mol. The molecular formula is C16H18O4. The Morgan fingerprint density at radius 3 is 1.40 bits per heavy atom. The molecule has 0 aliphatic heterocycles. The average molecular weight is 274 g/mol. The lowest BCUT2D eigenvalue weighted by molar-refractivity contribution is -0.147. The van der Waals surface area contributed by atoms with Crippen LogP contribution in [-0.2, 0) is 19.1 Å². The lowest BCUT2D eigenvalue weighted by atomic mass is 10.2. The van der Waals surface area contributed by atoms with E-state index in [0.717, 1.165) is 0 Å². The highest BCUT2D eigenvalue weighted by Gasteiger charge is 2.16. The highest BCUT2D eigenvalue weighted by Crippen LogP contribution is 2.12. The summed E-state index contributed by atoms with van der Waals surface area (Å²) in [5.41, 5.74) is 0. The van der Waals surface area contributed by atoms with E-state index in [4.69, 9.17) is 9.47 Å². The molecule has 0 aromatic heterocycles. The molecule has 4 nitrogen and oxygen atoms in total. The van der Waals surface area contributed by atoms with Crippen molar-refractivity contribution in [3.8, 4) is 0 Å². The van der Waals surface area contributed by atoms with E-state index in [1.807, 2.05) is 24.3 Å². The zero-order valence-electron chi connectivity index (χ0n) is 11.2. The van der Waals surface area contributed by atoms with Gasteiger partial charge >= 0.3 is 11.9 Å². The standard InChI is InChI=1S/C16H18O4/c17-15(13-7-1-2-8-13)19-11-5-6-12-20-16(18)14-9-3-4-10-14/h1-4,7-10,13-14H,5-6,11-12H2. The molecule has 0 unspecified atom stereocenters. The number of esters is 2. The Bertz CT molecular complexity index is 403. The van der Waals surface area contributed by atoms with Gasteiger partial charge in [0.2, 0.25) is 0 Å². The van der Waals surface area contributed by atoms with Crippen molar-refractivity contribution in [1.29, 1.82) is 0 Å². The molecule has 2 aliphatic carbocycles. The van der Waals surface area contributed by atoms with Crippen molar-refractivity contribution < 1.29 is 19.1 Å². The first-order valence-corrected chi connectivity index (χ1v) is 6.80. The number of hydrogen-bond donors (Lipinski definition) is 0. The van der Waals surface area contributed by atoms with Crippen molar-refractivity contribution >= 4 is 11.9 Å². The van der Waals surface area contributed by atoms with Crippen LogP contribution in [0.25, 0.3) is 0 Å². The summed E-state index contributed by atoms with van der Waals surface area (Å²) >= 11 is 0. The van der Waals surface area contributed by atoms with Crippen LogP contribution in [0.1, 0.15) is 12.8 Å². The Morgan fingerprint density at radius 2 is 1.05 bits per heavy atom. The molecule has 0 saturated heterocycles. The smallest absolute Gasteiger partial charge is 0.316 e. The van der Waals surface area contributed by atoms with Crippen LogP contribution in [0.5, 0.6) is 0 Å². The molecule has 0 atom stereocenters. The summed E-state index contributed by atoms with van der Waals surface area (Å²) in [4.78, 5) is 23.1. The molecule has 0 bridgehead atoms. The van der Waals surface area contributed by atoms with Crippen LogP contribution in [0, 0.1) is 11.8 Å². The second-order valence-corrected chi connectivity index (χ2v) is 4.63. The number of carbonyl (C=O) groups is 2. The first kappa shape index (κ1) is 14.3. The minimum Gasteiger partial charge on any atom is -0.465 e. The van der Waals surface area contributed by atoms with Crippen molar-refractivity contribution in [2.24, 2.45) is 11.8 Å². The molecule has 20 heavy (non-hydrogen) atoms. The third-order valence-corrected chi connectivity index (χ3v) is 3.07. The maximum absolute atomic E-state index is 11.5. The Hall–Kier alpha value is -2.10. The van der Waals surface area contributed by atoms with Crippen molar-refractivity contribution in [2.75, 3.05) is 13.2 Å². The fraction of sp³-hybridized carbons (Fsp3) is 0.375. The third-order valence-electron chi connectivity index (χ3n) is 3.07. The fourth-order valence-electron chi connectivity index (χ4n) is 1.92. The van der Waals surface area contributed by atoms with Gasteiger partial charge < -0.3 is 9.47 Å². The van der Waals surface area contributed by atoms with Gasteiger partial charge in [0, 0.05) is 0 Å². The molecule has 2 aliphatic rings. The molecule has 0 heterocycles. The maximum Gasteiger partial charge on any atom is 0.316 e. The van der Waals surface area contributed by atoms with E-state index in [1.165, 1.54) is 0 Å². The summed E-state index contributed by atoms with van der Waals surface area (Å²) in [7, 11) is 0. The lowest BCUT2D eigenvalue weighted by Crippen LogP contribution is -2.15. The van der Waals surface area contributed by atoms with Gasteiger partial charge in [0.15, 0.2) is 0 Å². The highest BCUT2D eigenvalue weighted by atomic mass is 16.5. The number of rotatable bonds is 7. The monoisotopic (exact) mass is 274 g/mol. The second-order valence-electron chi connectivity index (χ2n) is 4.63. The second kappa shape index (κ2) is 7.48. The predicted octanol–water partition coefficient (Wildman–Crippen LogP) is 2.34. The SMILES string of the molecule is O=C(OCCCCOC(=O)C1C=CC=C1)C1C=CC=C1. The van der Waals surface area contributed by atoms with E-state index >= 15 is 0 Å². The minimum atomic E-state index is -0.242. The molecule has 106 valence electrons. The summed E-state index contributed by atoms with van der Waals surface area (Å²) in [6.45, 7) is 0.718. The number of allylic oxidation sites excluding steroid dienone is 4. The third kappa shape index (κ3) is 4.23. The number of unbranched alkanes of at least 4 members (excludes halogenated alkanes) is 1. The number of ether oxygens (including phenoxy) is 2. The highest BCUT2D eigenvalue weighted by molar-refractivity contribution is 5.78. The number of carbonyl (C=O) groups excluding carboxylic acids is 2. The van der Waals surface area contributed by atoms with Gasteiger partial charge in [-0.1, -0.05) is 48.6 Å². The van der Waals surface area contributed by atoms with Gasteiger partial charge in [-0.15, -0.1) is 0 Å². The van der Waals surface area contributed by atoms with Crippen molar-refractivity contribution in [1.82, 2.24) is 0 Å². The van der Waals surface area contributed by atoms with Crippen molar-refractivity contribution in [3.63, 3.8) is 0 Å². The molecule has 0 N–H and O–H groups in total. The van der Waals surface area contributed by atoms with Gasteiger partial charge in [-0.25, -0.2) is 0 Å². The lowest BCUT2D eigenvalue weighted by Gasteiger charge is -2.09. The largest absolute Gasteiger partial charge is 0.465 e. The zero-order valence-corrected chi connectivity index (χ0v) is 11.2. The van der Waals surface area contributed by atoms with E-state index < -0.39 is 0 Å². The van der Waals surface area contributed by atoms with Crippen LogP contribution in [-0.4, -0.2) is 25.2 Å².